The Hall–Kier alpha value is -3.16. The van der Waals surface area contributed by atoms with E-state index in [1.54, 1.807) is 17.1 Å². The topological polar surface area (TPSA) is 67.8 Å². The molecule has 0 atom stereocenters. The number of benzene rings is 2. The smallest absolute Gasteiger partial charge is 0.214 e. The van der Waals surface area contributed by atoms with E-state index in [0.717, 1.165) is 22.4 Å². The van der Waals surface area contributed by atoms with Crippen LogP contribution in [0.25, 0.3) is 11.4 Å². The van der Waals surface area contributed by atoms with Crippen LogP contribution in [0.3, 0.4) is 0 Å². The molecule has 8 heteroatoms. The molecule has 4 aromatic rings. The molecule has 0 fully saturated rings. The summed E-state index contributed by atoms with van der Waals surface area (Å²) < 4.78 is 8.25. The highest BCUT2D eigenvalue weighted by Gasteiger charge is 2.10. The Morgan fingerprint density at radius 2 is 1.72 bits per heavy atom. The monoisotopic (exact) mass is 423 g/mol. The van der Waals surface area contributed by atoms with E-state index in [4.69, 9.17) is 28.6 Å². The molecule has 0 spiro atoms. The predicted octanol–water partition coefficient (Wildman–Crippen LogP) is 4.98. The van der Waals surface area contributed by atoms with Gasteiger partial charge in [0.2, 0.25) is 4.77 Å². The molecule has 146 valence electrons. The number of aromatic amines is 1. The van der Waals surface area contributed by atoms with Crippen LogP contribution in [0.5, 0.6) is 5.75 Å². The normalized spacial score (nSPS) is 10.7. The van der Waals surface area contributed by atoms with Crippen LogP contribution in [0.15, 0.2) is 73.1 Å². The van der Waals surface area contributed by atoms with Crippen molar-refractivity contribution in [3.05, 3.63) is 94.0 Å². The summed E-state index contributed by atoms with van der Waals surface area (Å²) in [5, 5.41) is 7.83. The lowest BCUT2D eigenvalue weighted by molar-refractivity contribution is 0.303. The Labute approximate surface area is 178 Å². The maximum atomic E-state index is 6.23. The molecule has 2 heterocycles. The highest BCUT2D eigenvalue weighted by atomic mass is 35.5. The van der Waals surface area contributed by atoms with E-state index in [-0.39, 0.29) is 0 Å². The minimum atomic E-state index is 0.393. The zero-order valence-electron chi connectivity index (χ0n) is 15.4. The zero-order chi connectivity index (χ0) is 20.1. The molecule has 6 nitrogen and oxygen atoms in total. The number of pyridine rings is 1. The van der Waals surface area contributed by atoms with Crippen molar-refractivity contribution in [1.29, 1.82) is 0 Å². The number of para-hydroxylation sites is 1. The van der Waals surface area contributed by atoms with Gasteiger partial charge in [0.25, 0.3) is 0 Å². The van der Waals surface area contributed by atoms with Crippen molar-refractivity contribution in [3.8, 4) is 17.1 Å². The number of rotatable bonds is 7. The van der Waals surface area contributed by atoms with Gasteiger partial charge in [-0.1, -0.05) is 48.0 Å². The van der Waals surface area contributed by atoms with E-state index >= 15 is 0 Å². The van der Waals surface area contributed by atoms with Crippen LogP contribution in [-0.2, 0) is 13.2 Å². The van der Waals surface area contributed by atoms with Gasteiger partial charge >= 0.3 is 0 Å². The van der Waals surface area contributed by atoms with Crippen molar-refractivity contribution in [2.45, 2.75) is 13.2 Å². The van der Waals surface area contributed by atoms with Crippen LogP contribution in [0, 0.1) is 4.77 Å². The van der Waals surface area contributed by atoms with E-state index in [0.29, 0.717) is 28.8 Å². The van der Waals surface area contributed by atoms with Gasteiger partial charge in [-0.25, -0.2) is 9.77 Å². The van der Waals surface area contributed by atoms with Gasteiger partial charge in [0, 0.05) is 34.1 Å². The summed E-state index contributed by atoms with van der Waals surface area (Å²) in [7, 11) is 0. The number of hydrogen-bond acceptors (Lipinski definition) is 5. The molecular weight excluding hydrogens is 406 g/mol. The van der Waals surface area contributed by atoms with Gasteiger partial charge in [-0.05, 0) is 36.5 Å². The maximum Gasteiger partial charge on any atom is 0.214 e. The minimum absolute atomic E-state index is 0.393. The van der Waals surface area contributed by atoms with Gasteiger partial charge in [0.15, 0.2) is 5.82 Å². The average Bonchev–Trinajstić information content (AvgIpc) is 3.13. The summed E-state index contributed by atoms with van der Waals surface area (Å²) in [6.45, 7) is 0.898. The standard InChI is InChI=1S/C21H18ClN5OS/c22-18-7-3-1-6-17(18)14-28-19-8-4-2-5-16(19)13-24-27-20(25-26-21(27)29)15-9-11-23-12-10-15/h1-12,24H,13-14H2,(H,26,29). The molecule has 2 aromatic carbocycles. The number of ether oxygens (including phenoxy) is 1. The van der Waals surface area contributed by atoms with Crippen molar-refractivity contribution < 1.29 is 4.74 Å². The molecule has 4 rings (SSSR count). The van der Waals surface area contributed by atoms with Crippen molar-refractivity contribution in [1.82, 2.24) is 19.9 Å². The number of hydrogen-bond donors (Lipinski definition) is 2. The molecule has 0 unspecified atom stereocenters. The van der Waals surface area contributed by atoms with E-state index in [1.807, 2.05) is 60.7 Å². The maximum absolute atomic E-state index is 6.23. The Kier molecular flexibility index (Phi) is 5.88. The largest absolute Gasteiger partial charge is 0.488 e. The zero-order valence-corrected chi connectivity index (χ0v) is 17.0. The second-order valence-corrected chi connectivity index (χ2v) is 7.04. The van der Waals surface area contributed by atoms with Crippen LogP contribution in [0.2, 0.25) is 5.02 Å². The second-order valence-electron chi connectivity index (χ2n) is 6.25. The third kappa shape index (κ3) is 4.47. The SMILES string of the molecule is S=c1[nH]nc(-c2ccncc2)n1NCc1ccccc1OCc1ccccc1Cl. The lowest BCUT2D eigenvalue weighted by Crippen LogP contribution is -2.16. The van der Waals surface area contributed by atoms with Crippen LogP contribution in [-0.4, -0.2) is 19.9 Å². The van der Waals surface area contributed by atoms with E-state index in [1.165, 1.54) is 0 Å². The molecular formula is C21H18ClN5OS. The third-order valence-corrected chi connectivity index (χ3v) is 4.99. The first-order valence-corrected chi connectivity index (χ1v) is 9.77. The first-order valence-electron chi connectivity index (χ1n) is 8.98. The molecule has 2 N–H and O–H groups in total. The van der Waals surface area contributed by atoms with Gasteiger partial charge in [0.1, 0.15) is 12.4 Å². The van der Waals surface area contributed by atoms with Crippen LogP contribution < -0.4 is 10.2 Å². The highest BCUT2D eigenvalue weighted by molar-refractivity contribution is 7.71. The third-order valence-electron chi connectivity index (χ3n) is 4.35. The number of aromatic nitrogens is 4. The van der Waals surface area contributed by atoms with Crippen molar-refractivity contribution >= 4 is 23.8 Å². The summed E-state index contributed by atoms with van der Waals surface area (Å²) in [6.07, 6.45) is 3.44. The Balaban J connectivity index is 1.51. The molecule has 0 saturated heterocycles. The van der Waals surface area contributed by atoms with Gasteiger partial charge in [-0.2, -0.15) is 5.10 Å². The first kappa shape index (κ1) is 19.2. The molecule has 29 heavy (non-hydrogen) atoms. The van der Waals surface area contributed by atoms with Gasteiger partial charge in [-0.3, -0.25) is 4.98 Å². The van der Waals surface area contributed by atoms with Gasteiger partial charge in [0.05, 0.1) is 6.54 Å². The fourth-order valence-corrected chi connectivity index (χ4v) is 3.25. The van der Waals surface area contributed by atoms with Crippen LogP contribution in [0.4, 0.5) is 0 Å². The van der Waals surface area contributed by atoms with Gasteiger partial charge in [-0.15, -0.1) is 0 Å². The Morgan fingerprint density at radius 1 is 1.00 bits per heavy atom. The fourth-order valence-electron chi connectivity index (χ4n) is 2.86. The predicted molar refractivity (Wildman–Crippen MR) is 116 cm³/mol. The summed E-state index contributed by atoms with van der Waals surface area (Å²) in [4.78, 5) is 4.04. The number of H-pyrrole nitrogens is 1. The summed E-state index contributed by atoms with van der Waals surface area (Å²) >= 11 is 11.6. The number of nitrogens with zero attached hydrogens (tertiary/aromatic N) is 3. The Morgan fingerprint density at radius 3 is 2.52 bits per heavy atom. The van der Waals surface area contributed by atoms with Gasteiger partial charge < -0.3 is 10.2 Å². The van der Waals surface area contributed by atoms with E-state index in [9.17, 15) is 0 Å². The molecule has 0 saturated carbocycles. The lowest BCUT2D eigenvalue weighted by Gasteiger charge is -2.14. The van der Waals surface area contributed by atoms with Crippen molar-refractivity contribution in [2.24, 2.45) is 0 Å². The Bertz CT molecular complexity index is 1160. The molecule has 0 radical (unpaired) electrons. The summed E-state index contributed by atoms with van der Waals surface area (Å²) in [5.41, 5.74) is 6.15. The highest BCUT2D eigenvalue weighted by Crippen LogP contribution is 2.22. The molecule has 0 aliphatic carbocycles. The number of halogens is 1. The minimum Gasteiger partial charge on any atom is -0.488 e. The lowest BCUT2D eigenvalue weighted by atomic mass is 10.2. The molecule has 0 aliphatic rings. The van der Waals surface area contributed by atoms with Crippen LogP contribution in [0.1, 0.15) is 11.1 Å². The summed E-state index contributed by atoms with van der Waals surface area (Å²) in [5.74, 6) is 1.47. The fraction of sp³-hybridized carbons (Fsp3) is 0.0952. The molecule has 0 aliphatic heterocycles. The van der Waals surface area contributed by atoms with Crippen molar-refractivity contribution in [2.75, 3.05) is 5.43 Å². The number of nitrogens with one attached hydrogen (secondary N) is 2. The summed E-state index contributed by atoms with van der Waals surface area (Å²) in [6, 6.07) is 19.3. The van der Waals surface area contributed by atoms with Crippen molar-refractivity contribution in [3.63, 3.8) is 0 Å². The van der Waals surface area contributed by atoms with E-state index < -0.39 is 0 Å². The molecule has 0 amide bonds. The first-order chi connectivity index (χ1) is 14.2. The van der Waals surface area contributed by atoms with Crippen LogP contribution >= 0.6 is 23.8 Å². The average molecular weight is 424 g/mol. The second kappa shape index (κ2) is 8.89. The molecule has 0 bridgehead atoms. The molecule has 2 aromatic heterocycles. The quantitative estimate of drug-likeness (QED) is 0.410. The van der Waals surface area contributed by atoms with E-state index in [2.05, 4.69) is 20.6 Å².